The fraction of sp³-hybridized carbons (Fsp3) is 0.125. The van der Waals surface area contributed by atoms with E-state index in [1.165, 1.54) is 17.4 Å². The molecule has 0 bridgehead atoms. The van der Waals surface area contributed by atoms with E-state index in [2.05, 4.69) is 10.3 Å². The van der Waals surface area contributed by atoms with Gasteiger partial charge in [-0.05, 0) is 12.1 Å². The second kappa shape index (κ2) is 4.03. The first kappa shape index (κ1) is 11.9. The summed E-state index contributed by atoms with van der Waals surface area (Å²) < 4.78 is 23.4. The van der Waals surface area contributed by atoms with Crippen molar-refractivity contribution in [1.29, 1.82) is 0 Å². The third-order valence-electron chi connectivity index (χ3n) is 1.90. The van der Waals surface area contributed by atoms with Gasteiger partial charge in [-0.1, -0.05) is 22.9 Å². The zero-order valence-electron chi connectivity index (χ0n) is 7.99. The molecule has 0 aliphatic heterocycles. The van der Waals surface area contributed by atoms with E-state index in [0.29, 0.717) is 20.4 Å². The smallest absolute Gasteiger partial charge is 0.263 e. The van der Waals surface area contributed by atoms with Gasteiger partial charge in [0.15, 0.2) is 5.13 Å². The van der Waals surface area contributed by atoms with Crippen LogP contribution in [0.5, 0.6) is 0 Å². The molecule has 86 valence electrons. The van der Waals surface area contributed by atoms with Gasteiger partial charge in [-0.2, -0.15) is 0 Å². The average Bonchev–Trinajstić information content (AvgIpc) is 2.57. The number of hydrogen-bond donors (Lipinski definition) is 1. The molecule has 0 saturated carbocycles. The standard InChI is InChI=1S/C8H6Cl2N2O2S2/c1-11-8-12-7-5(15-8)2-4(9)3-6(7)16(10,13)14/h2-3H,1H3,(H,11,12). The summed E-state index contributed by atoms with van der Waals surface area (Å²) in [6.07, 6.45) is 0. The Bertz CT molecular complexity index is 651. The summed E-state index contributed by atoms with van der Waals surface area (Å²) in [4.78, 5) is 4.06. The molecule has 0 aliphatic carbocycles. The number of hydrogen-bond acceptors (Lipinski definition) is 5. The van der Waals surface area contributed by atoms with Gasteiger partial charge in [0.2, 0.25) is 0 Å². The Hall–Kier alpha value is -0.560. The maximum atomic E-state index is 11.3. The molecule has 0 aliphatic rings. The Morgan fingerprint density at radius 2 is 2.12 bits per heavy atom. The minimum absolute atomic E-state index is 0.0607. The van der Waals surface area contributed by atoms with Crippen LogP contribution in [0.25, 0.3) is 10.2 Å². The quantitative estimate of drug-likeness (QED) is 0.866. The van der Waals surface area contributed by atoms with Crippen LogP contribution in [-0.4, -0.2) is 20.4 Å². The SMILES string of the molecule is CNc1nc2c(S(=O)(=O)Cl)cc(Cl)cc2s1. The van der Waals surface area contributed by atoms with Crippen molar-refractivity contribution in [3.8, 4) is 0 Å². The first-order valence-corrected chi connectivity index (χ1v) is 7.64. The average molecular weight is 297 g/mol. The zero-order chi connectivity index (χ0) is 11.9. The summed E-state index contributed by atoms with van der Waals surface area (Å²) in [7, 11) is 3.18. The van der Waals surface area contributed by atoms with E-state index in [-0.39, 0.29) is 4.90 Å². The van der Waals surface area contributed by atoms with Gasteiger partial charge in [0.25, 0.3) is 9.05 Å². The van der Waals surface area contributed by atoms with E-state index in [0.717, 1.165) is 0 Å². The first-order valence-electron chi connectivity index (χ1n) is 4.14. The van der Waals surface area contributed by atoms with Crippen molar-refractivity contribution in [2.45, 2.75) is 4.90 Å². The fourth-order valence-electron chi connectivity index (χ4n) is 1.26. The molecule has 0 spiro atoms. The Morgan fingerprint density at radius 1 is 1.44 bits per heavy atom. The van der Waals surface area contributed by atoms with Crippen LogP contribution >= 0.6 is 33.6 Å². The Labute approximate surface area is 106 Å². The molecule has 1 N–H and O–H groups in total. The van der Waals surface area contributed by atoms with Crippen LogP contribution in [0.4, 0.5) is 5.13 Å². The number of halogens is 2. The van der Waals surface area contributed by atoms with Crippen LogP contribution in [-0.2, 0) is 9.05 Å². The minimum Gasteiger partial charge on any atom is -0.365 e. The molecule has 0 atom stereocenters. The van der Waals surface area contributed by atoms with Crippen LogP contribution in [0.3, 0.4) is 0 Å². The summed E-state index contributed by atoms with van der Waals surface area (Å²) >= 11 is 7.13. The third-order valence-corrected chi connectivity index (χ3v) is 4.47. The van der Waals surface area contributed by atoms with Crippen molar-refractivity contribution in [2.24, 2.45) is 0 Å². The number of anilines is 1. The summed E-state index contributed by atoms with van der Waals surface area (Å²) in [6.45, 7) is 0. The number of benzene rings is 1. The lowest BCUT2D eigenvalue weighted by Gasteiger charge is -1.98. The number of rotatable bonds is 2. The van der Waals surface area contributed by atoms with Crippen LogP contribution in [0, 0.1) is 0 Å². The molecule has 1 aromatic heterocycles. The highest BCUT2D eigenvalue weighted by atomic mass is 35.7. The van der Waals surface area contributed by atoms with Crippen LogP contribution in [0.1, 0.15) is 0 Å². The van der Waals surface area contributed by atoms with Gasteiger partial charge >= 0.3 is 0 Å². The molecule has 2 rings (SSSR count). The molecule has 8 heteroatoms. The molecular weight excluding hydrogens is 291 g/mol. The van der Waals surface area contributed by atoms with Gasteiger partial charge in [-0.3, -0.25) is 0 Å². The number of aromatic nitrogens is 1. The zero-order valence-corrected chi connectivity index (χ0v) is 11.1. The Balaban J connectivity index is 2.87. The molecule has 2 aromatic rings. The monoisotopic (exact) mass is 296 g/mol. The first-order chi connectivity index (χ1) is 7.41. The molecule has 16 heavy (non-hydrogen) atoms. The number of thiazole rings is 1. The molecule has 1 aromatic carbocycles. The molecule has 4 nitrogen and oxygen atoms in total. The Kier molecular flexibility index (Phi) is 3.00. The van der Waals surface area contributed by atoms with E-state index in [9.17, 15) is 8.42 Å². The second-order valence-electron chi connectivity index (χ2n) is 2.96. The van der Waals surface area contributed by atoms with Crippen LogP contribution < -0.4 is 5.32 Å². The molecule has 0 saturated heterocycles. The van der Waals surface area contributed by atoms with Crippen molar-refractivity contribution < 1.29 is 8.42 Å². The Morgan fingerprint density at radius 3 is 2.69 bits per heavy atom. The van der Waals surface area contributed by atoms with Crippen molar-refractivity contribution in [3.63, 3.8) is 0 Å². The van der Waals surface area contributed by atoms with Crippen LogP contribution in [0.15, 0.2) is 17.0 Å². The van der Waals surface area contributed by atoms with E-state index in [4.69, 9.17) is 22.3 Å². The predicted octanol–water partition coefficient (Wildman–Crippen LogP) is 2.92. The maximum Gasteiger partial charge on any atom is 0.263 e. The number of fused-ring (bicyclic) bond motifs is 1. The van der Waals surface area contributed by atoms with Gasteiger partial charge in [0.05, 0.1) is 4.70 Å². The largest absolute Gasteiger partial charge is 0.365 e. The van der Waals surface area contributed by atoms with E-state index >= 15 is 0 Å². The highest BCUT2D eigenvalue weighted by molar-refractivity contribution is 8.14. The third kappa shape index (κ3) is 2.10. The van der Waals surface area contributed by atoms with Gasteiger partial charge in [-0.15, -0.1) is 0 Å². The van der Waals surface area contributed by atoms with Crippen molar-refractivity contribution in [2.75, 3.05) is 12.4 Å². The summed E-state index contributed by atoms with van der Waals surface area (Å²) in [5.74, 6) is 0. The number of nitrogens with one attached hydrogen (secondary N) is 1. The van der Waals surface area contributed by atoms with Crippen LogP contribution in [0.2, 0.25) is 5.02 Å². The maximum absolute atomic E-state index is 11.3. The molecule has 0 unspecified atom stereocenters. The molecule has 0 fully saturated rings. The predicted molar refractivity (Wildman–Crippen MR) is 67.2 cm³/mol. The lowest BCUT2D eigenvalue weighted by molar-refractivity contribution is 0.610. The van der Waals surface area contributed by atoms with Crippen molar-refractivity contribution in [1.82, 2.24) is 4.98 Å². The normalized spacial score (nSPS) is 11.9. The van der Waals surface area contributed by atoms with E-state index in [1.807, 2.05) is 0 Å². The molecule has 0 radical (unpaired) electrons. The highest BCUT2D eigenvalue weighted by Gasteiger charge is 2.18. The number of nitrogens with zero attached hydrogens (tertiary/aromatic N) is 1. The summed E-state index contributed by atoms with van der Waals surface area (Å²) in [5.41, 5.74) is 0.341. The minimum atomic E-state index is -3.84. The van der Waals surface area contributed by atoms with Crippen molar-refractivity contribution in [3.05, 3.63) is 17.2 Å². The van der Waals surface area contributed by atoms with Gasteiger partial charge in [0, 0.05) is 22.8 Å². The summed E-state index contributed by atoms with van der Waals surface area (Å²) in [6, 6.07) is 2.95. The highest BCUT2D eigenvalue weighted by Crippen LogP contribution is 2.34. The lowest BCUT2D eigenvalue weighted by Crippen LogP contribution is -1.92. The molecule has 0 amide bonds. The summed E-state index contributed by atoms with van der Waals surface area (Å²) in [5, 5.41) is 3.77. The van der Waals surface area contributed by atoms with Gasteiger partial charge in [-0.25, -0.2) is 13.4 Å². The fourth-order valence-corrected chi connectivity index (χ4v) is 3.56. The van der Waals surface area contributed by atoms with Gasteiger partial charge in [0.1, 0.15) is 10.4 Å². The van der Waals surface area contributed by atoms with Gasteiger partial charge < -0.3 is 5.32 Å². The lowest BCUT2D eigenvalue weighted by atomic mass is 10.3. The molecule has 1 heterocycles. The van der Waals surface area contributed by atoms with E-state index in [1.54, 1.807) is 13.1 Å². The van der Waals surface area contributed by atoms with Crippen molar-refractivity contribution >= 4 is 58.0 Å². The van der Waals surface area contributed by atoms with E-state index < -0.39 is 9.05 Å². The topological polar surface area (TPSA) is 59.1 Å². The second-order valence-corrected chi connectivity index (χ2v) is 6.96. The molecular formula is C8H6Cl2N2O2S2.